The van der Waals surface area contributed by atoms with Crippen molar-refractivity contribution in [2.45, 2.75) is 64.5 Å². The van der Waals surface area contributed by atoms with Crippen molar-refractivity contribution in [1.82, 2.24) is 14.5 Å². The van der Waals surface area contributed by atoms with Crippen molar-refractivity contribution in [2.75, 3.05) is 36.6 Å². The Labute approximate surface area is 281 Å². The summed E-state index contributed by atoms with van der Waals surface area (Å²) >= 11 is 0. The number of esters is 1. The van der Waals surface area contributed by atoms with Gasteiger partial charge in [0.05, 0.1) is 37.2 Å². The van der Waals surface area contributed by atoms with Crippen molar-refractivity contribution in [3.05, 3.63) is 83.8 Å². The number of aryl methyl sites for hydroxylation is 1. The molecule has 0 unspecified atom stereocenters. The van der Waals surface area contributed by atoms with E-state index in [1.54, 1.807) is 30.5 Å². The standard InChI is InChI=1S/C36H45N7O5/c1-3-4-5-8-21-47-41-35(37)26-10-13-28(14-11-26)39-25-33-40-30-24-27(12-15-31(30)42(33)2)36(45)43(32-9-6-7-19-38-32)20-16-34(44)48-29-17-22-46-23-18-29/h6-7,9-15,19,24,29,39H,3-5,8,16-18,20-23,25H2,1-2H3,(H2,37,41). The van der Waals surface area contributed by atoms with Crippen LogP contribution in [0.2, 0.25) is 0 Å². The van der Waals surface area contributed by atoms with Crippen LogP contribution in [-0.2, 0) is 32.7 Å². The average Bonchev–Trinajstić information content (AvgIpc) is 3.44. The Morgan fingerprint density at radius 3 is 2.60 bits per heavy atom. The number of unbranched alkanes of at least 4 members (excludes halogenated alkanes) is 3. The van der Waals surface area contributed by atoms with Gasteiger partial charge in [0.2, 0.25) is 0 Å². The normalized spacial score (nSPS) is 13.8. The molecule has 12 heteroatoms. The molecular formula is C36H45N7O5. The fourth-order valence-electron chi connectivity index (χ4n) is 5.47. The Hall–Kier alpha value is -4.97. The number of fused-ring (bicyclic) bond motifs is 1. The van der Waals surface area contributed by atoms with Crippen LogP contribution in [-0.4, -0.2) is 64.7 Å². The number of amidine groups is 1. The summed E-state index contributed by atoms with van der Waals surface area (Å²) in [4.78, 5) is 42.6. The van der Waals surface area contributed by atoms with Crippen molar-refractivity contribution >= 4 is 40.3 Å². The van der Waals surface area contributed by atoms with Crippen LogP contribution in [0.4, 0.5) is 11.5 Å². The van der Waals surface area contributed by atoms with Crippen LogP contribution in [0, 0.1) is 0 Å². The summed E-state index contributed by atoms with van der Waals surface area (Å²) in [6.45, 7) is 4.50. The third-order valence-corrected chi connectivity index (χ3v) is 8.28. The second-order valence-corrected chi connectivity index (χ2v) is 11.8. The molecule has 0 aliphatic carbocycles. The van der Waals surface area contributed by atoms with Gasteiger partial charge in [0.1, 0.15) is 24.4 Å². The maximum atomic E-state index is 13.8. The van der Waals surface area contributed by atoms with Crippen molar-refractivity contribution < 1.29 is 23.9 Å². The number of nitrogens with zero attached hydrogens (tertiary/aromatic N) is 5. The van der Waals surface area contributed by atoms with Crippen molar-refractivity contribution in [3.8, 4) is 0 Å². The number of aromatic nitrogens is 3. The zero-order valence-electron chi connectivity index (χ0n) is 27.8. The zero-order chi connectivity index (χ0) is 33.7. The molecule has 0 spiro atoms. The molecule has 48 heavy (non-hydrogen) atoms. The van der Waals surface area contributed by atoms with Gasteiger partial charge >= 0.3 is 5.97 Å². The highest BCUT2D eigenvalue weighted by Gasteiger charge is 2.23. The predicted molar refractivity (Wildman–Crippen MR) is 186 cm³/mol. The van der Waals surface area contributed by atoms with E-state index in [0.29, 0.717) is 61.9 Å². The molecule has 1 saturated heterocycles. The van der Waals surface area contributed by atoms with Gasteiger partial charge in [0, 0.05) is 49.4 Å². The Kier molecular flexibility index (Phi) is 12.4. The number of carbonyl (C=O) groups excluding carboxylic acids is 2. The lowest BCUT2D eigenvalue weighted by Gasteiger charge is -2.24. The maximum Gasteiger partial charge on any atom is 0.307 e. The molecule has 0 radical (unpaired) electrons. The number of amides is 1. The van der Waals surface area contributed by atoms with Crippen LogP contribution < -0.4 is 16.0 Å². The fourth-order valence-corrected chi connectivity index (χ4v) is 5.47. The molecule has 1 fully saturated rings. The van der Waals surface area contributed by atoms with E-state index in [0.717, 1.165) is 35.4 Å². The van der Waals surface area contributed by atoms with Crippen LogP contribution in [0.5, 0.6) is 0 Å². The Morgan fingerprint density at radius 2 is 1.85 bits per heavy atom. The van der Waals surface area contributed by atoms with Crippen LogP contribution in [0.3, 0.4) is 0 Å². The Bertz CT molecular complexity index is 1670. The lowest BCUT2D eigenvalue weighted by molar-refractivity contribution is -0.152. The van der Waals surface area contributed by atoms with Gasteiger partial charge in [-0.25, -0.2) is 9.97 Å². The number of oxime groups is 1. The number of imidazole rings is 1. The second-order valence-electron chi connectivity index (χ2n) is 11.8. The van der Waals surface area contributed by atoms with E-state index in [1.165, 1.54) is 17.7 Å². The van der Waals surface area contributed by atoms with Crippen LogP contribution in [0.15, 0.2) is 72.0 Å². The number of nitrogens with one attached hydrogen (secondary N) is 1. The SMILES string of the molecule is CCCCCCON=C(N)c1ccc(NCc2nc3cc(C(=O)N(CCC(=O)OC4CCOCC4)c4ccccn4)ccc3n2C)cc1. The van der Waals surface area contributed by atoms with Gasteiger partial charge in [-0.3, -0.25) is 14.5 Å². The van der Waals surface area contributed by atoms with Gasteiger partial charge in [-0.1, -0.05) is 31.0 Å². The molecular weight excluding hydrogens is 610 g/mol. The van der Waals surface area contributed by atoms with Crippen molar-refractivity contribution in [1.29, 1.82) is 0 Å². The van der Waals surface area contributed by atoms with Crippen molar-refractivity contribution in [3.63, 3.8) is 0 Å². The molecule has 2 aromatic carbocycles. The third-order valence-electron chi connectivity index (χ3n) is 8.28. The van der Waals surface area contributed by atoms with Crippen LogP contribution >= 0.6 is 0 Å². The van der Waals surface area contributed by atoms with E-state index in [9.17, 15) is 9.59 Å². The summed E-state index contributed by atoms with van der Waals surface area (Å²) in [6.07, 6.45) is 7.34. The summed E-state index contributed by atoms with van der Waals surface area (Å²) in [7, 11) is 1.95. The first-order valence-electron chi connectivity index (χ1n) is 16.7. The van der Waals surface area contributed by atoms with Crippen LogP contribution in [0.1, 0.15) is 73.6 Å². The molecule has 1 aliphatic heterocycles. The largest absolute Gasteiger partial charge is 0.462 e. The highest BCUT2D eigenvalue weighted by Crippen LogP contribution is 2.22. The highest BCUT2D eigenvalue weighted by molar-refractivity contribution is 6.07. The minimum atomic E-state index is -0.346. The van der Waals surface area contributed by atoms with E-state index < -0.39 is 0 Å². The molecule has 12 nitrogen and oxygen atoms in total. The molecule has 4 aromatic rings. The number of hydrogen-bond donors (Lipinski definition) is 2. The molecule has 3 N–H and O–H groups in total. The van der Waals surface area contributed by atoms with Gasteiger partial charge in [-0.15, -0.1) is 0 Å². The lowest BCUT2D eigenvalue weighted by Crippen LogP contribution is -2.35. The van der Waals surface area contributed by atoms with E-state index in [2.05, 4.69) is 22.4 Å². The molecule has 254 valence electrons. The number of nitrogens with two attached hydrogens (primary N) is 1. The number of hydrogen-bond acceptors (Lipinski definition) is 9. The third kappa shape index (κ3) is 9.31. The molecule has 0 saturated carbocycles. The summed E-state index contributed by atoms with van der Waals surface area (Å²) in [5, 5.41) is 7.45. The number of carbonyl (C=O) groups is 2. The Balaban J connectivity index is 1.21. The zero-order valence-corrected chi connectivity index (χ0v) is 27.8. The molecule has 3 heterocycles. The molecule has 5 rings (SSSR count). The molecule has 1 amide bonds. The van der Waals surface area contributed by atoms with Gasteiger partial charge in [0.25, 0.3) is 5.91 Å². The number of ether oxygens (including phenoxy) is 2. The minimum absolute atomic E-state index is 0.0502. The lowest BCUT2D eigenvalue weighted by atomic mass is 10.1. The first kappa shape index (κ1) is 34.4. The quantitative estimate of drug-likeness (QED) is 0.0521. The minimum Gasteiger partial charge on any atom is -0.462 e. The van der Waals surface area contributed by atoms with Gasteiger partial charge < -0.3 is 29.9 Å². The summed E-state index contributed by atoms with van der Waals surface area (Å²) < 4.78 is 13.0. The van der Waals surface area contributed by atoms with Crippen molar-refractivity contribution in [2.24, 2.45) is 17.9 Å². The first-order chi connectivity index (χ1) is 23.4. The molecule has 2 aromatic heterocycles. The highest BCUT2D eigenvalue weighted by atomic mass is 16.6. The van der Waals surface area contributed by atoms with Gasteiger partial charge in [0.15, 0.2) is 5.84 Å². The number of anilines is 2. The Morgan fingerprint density at radius 1 is 1.06 bits per heavy atom. The maximum absolute atomic E-state index is 13.8. The van der Waals surface area contributed by atoms with E-state index in [4.69, 9.17) is 25.0 Å². The van der Waals surface area contributed by atoms with Gasteiger partial charge in [-0.05, 0) is 67.4 Å². The number of benzene rings is 2. The molecule has 0 atom stereocenters. The van der Waals surface area contributed by atoms with Gasteiger partial charge in [-0.2, -0.15) is 0 Å². The summed E-state index contributed by atoms with van der Waals surface area (Å²) in [5.74, 6) is 0.982. The summed E-state index contributed by atoms with van der Waals surface area (Å²) in [6, 6.07) is 18.4. The topological polar surface area (TPSA) is 146 Å². The van der Waals surface area contributed by atoms with E-state index >= 15 is 0 Å². The molecule has 1 aliphatic rings. The number of rotatable bonds is 16. The molecule has 0 bridgehead atoms. The monoisotopic (exact) mass is 655 g/mol. The predicted octanol–water partition coefficient (Wildman–Crippen LogP) is 5.56. The average molecular weight is 656 g/mol. The second kappa shape index (κ2) is 17.3. The summed E-state index contributed by atoms with van der Waals surface area (Å²) in [5.41, 5.74) is 9.81. The number of pyridine rings is 1. The van der Waals surface area contributed by atoms with E-state index in [1.807, 2.05) is 48.0 Å². The van der Waals surface area contributed by atoms with Crippen LogP contribution in [0.25, 0.3) is 11.0 Å². The smallest absolute Gasteiger partial charge is 0.307 e. The fraction of sp³-hybridized carbons (Fsp3) is 0.417. The van der Waals surface area contributed by atoms with E-state index in [-0.39, 0.29) is 30.9 Å². The first-order valence-corrected chi connectivity index (χ1v) is 16.7.